The monoisotopic (exact) mass is 563 g/mol. The highest BCUT2D eigenvalue weighted by molar-refractivity contribution is 7.92. The third-order valence-electron chi connectivity index (χ3n) is 6.91. The van der Waals surface area contributed by atoms with Crippen molar-refractivity contribution in [1.29, 1.82) is 0 Å². The van der Waals surface area contributed by atoms with E-state index in [2.05, 4.69) is 5.32 Å². The van der Waals surface area contributed by atoms with Crippen LogP contribution in [0.3, 0.4) is 0 Å². The van der Waals surface area contributed by atoms with Crippen LogP contribution in [0.5, 0.6) is 11.5 Å². The van der Waals surface area contributed by atoms with Gasteiger partial charge in [0.2, 0.25) is 28.6 Å². The van der Waals surface area contributed by atoms with Gasteiger partial charge in [-0.25, -0.2) is 8.42 Å². The molecule has 1 saturated carbocycles. The van der Waals surface area contributed by atoms with E-state index in [0.717, 1.165) is 37.5 Å². The van der Waals surface area contributed by atoms with Crippen molar-refractivity contribution < 1.29 is 27.5 Å². The minimum atomic E-state index is -3.62. The van der Waals surface area contributed by atoms with Gasteiger partial charge in [-0.15, -0.1) is 0 Å². The predicted molar refractivity (Wildman–Crippen MR) is 146 cm³/mol. The average Bonchev–Trinajstić information content (AvgIpc) is 3.55. The molecule has 0 saturated heterocycles. The first-order valence-electron chi connectivity index (χ1n) is 12.8. The lowest BCUT2D eigenvalue weighted by Crippen LogP contribution is -2.49. The molecule has 9 nitrogen and oxygen atoms in total. The van der Waals surface area contributed by atoms with Crippen molar-refractivity contribution in [3.8, 4) is 11.5 Å². The number of rotatable bonds is 11. The highest BCUT2D eigenvalue weighted by atomic mass is 35.5. The second-order valence-corrected chi connectivity index (χ2v) is 12.1. The molecule has 38 heavy (non-hydrogen) atoms. The summed E-state index contributed by atoms with van der Waals surface area (Å²) in [5, 5.41) is 3.63. The first kappa shape index (κ1) is 28.0. The van der Waals surface area contributed by atoms with Crippen molar-refractivity contribution in [2.24, 2.45) is 0 Å². The number of nitrogens with zero attached hydrogens (tertiary/aromatic N) is 2. The van der Waals surface area contributed by atoms with Gasteiger partial charge in [0.15, 0.2) is 11.5 Å². The van der Waals surface area contributed by atoms with E-state index in [0.29, 0.717) is 22.2 Å². The van der Waals surface area contributed by atoms with Crippen LogP contribution in [-0.2, 0) is 26.2 Å². The van der Waals surface area contributed by atoms with Crippen LogP contribution in [0, 0.1) is 0 Å². The molecular formula is C27H34ClN3O6S. The zero-order valence-electron chi connectivity index (χ0n) is 21.7. The summed E-state index contributed by atoms with van der Waals surface area (Å²) in [4.78, 5) is 28.0. The summed E-state index contributed by atoms with van der Waals surface area (Å²) in [6.07, 6.45) is 5.53. The summed E-state index contributed by atoms with van der Waals surface area (Å²) in [5.74, 6) is 0.601. The minimum Gasteiger partial charge on any atom is -0.454 e. The van der Waals surface area contributed by atoms with Crippen molar-refractivity contribution in [2.45, 2.75) is 64.1 Å². The van der Waals surface area contributed by atoms with Gasteiger partial charge in [-0.1, -0.05) is 36.6 Å². The average molecular weight is 564 g/mol. The van der Waals surface area contributed by atoms with Gasteiger partial charge in [0, 0.05) is 36.6 Å². The summed E-state index contributed by atoms with van der Waals surface area (Å²) in [6.45, 7) is 2.12. The van der Waals surface area contributed by atoms with Gasteiger partial charge in [0.05, 0.1) is 11.9 Å². The molecule has 2 aromatic carbocycles. The fourth-order valence-electron chi connectivity index (χ4n) is 4.85. The number of ether oxygens (including phenoxy) is 2. The number of nitrogens with one attached hydrogen (secondary N) is 1. The van der Waals surface area contributed by atoms with Crippen LogP contribution >= 0.6 is 11.6 Å². The maximum absolute atomic E-state index is 13.4. The smallest absolute Gasteiger partial charge is 0.242 e. The van der Waals surface area contributed by atoms with Crippen molar-refractivity contribution in [2.75, 3.05) is 23.9 Å². The molecule has 2 aliphatic rings. The maximum Gasteiger partial charge on any atom is 0.242 e. The van der Waals surface area contributed by atoms with Crippen LogP contribution in [0.2, 0.25) is 5.02 Å². The molecule has 0 spiro atoms. The topological polar surface area (TPSA) is 105 Å². The number of hydrogen-bond acceptors (Lipinski definition) is 6. The van der Waals surface area contributed by atoms with E-state index in [1.807, 2.05) is 6.07 Å². The summed E-state index contributed by atoms with van der Waals surface area (Å²) in [6, 6.07) is 11.6. The zero-order valence-corrected chi connectivity index (χ0v) is 23.3. The molecule has 0 bridgehead atoms. The summed E-state index contributed by atoms with van der Waals surface area (Å²) >= 11 is 6.16. The lowest BCUT2D eigenvalue weighted by Gasteiger charge is -2.30. The molecule has 1 atom stereocenters. The second-order valence-electron chi connectivity index (χ2n) is 9.79. The third kappa shape index (κ3) is 7.11. The maximum atomic E-state index is 13.4. The highest BCUT2D eigenvalue weighted by Crippen LogP contribution is 2.36. The fraction of sp³-hybridized carbons (Fsp3) is 0.481. The Balaban J connectivity index is 1.45. The third-order valence-corrected chi connectivity index (χ3v) is 8.34. The standard InChI is InChI=1S/C27H34ClN3O6S/c1-19(27(33)29-22-9-3-4-10-22)30(17-20-7-5-8-21(28)15-20)26(32)11-6-14-31(38(2,34)35)23-12-13-24-25(16-23)37-18-36-24/h5,7-8,12-13,15-16,19,22H,3-4,6,9-11,14,17-18H2,1-2H3,(H,29,33). The molecule has 0 aromatic heterocycles. The van der Waals surface area contributed by atoms with E-state index in [-0.39, 0.29) is 50.6 Å². The Morgan fingerprint density at radius 1 is 1.11 bits per heavy atom. The molecule has 1 aliphatic carbocycles. The van der Waals surface area contributed by atoms with Gasteiger partial charge in [-0.2, -0.15) is 0 Å². The summed E-state index contributed by atoms with van der Waals surface area (Å²) < 4.78 is 37.1. The molecule has 1 unspecified atom stereocenters. The highest BCUT2D eigenvalue weighted by Gasteiger charge is 2.29. The lowest BCUT2D eigenvalue weighted by molar-refractivity contribution is -0.141. The molecule has 0 radical (unpaired) electrons. The van der Waals surface area contributed by atoms with Crippen molar-refractivity contribution >= 4 is 39.1 Å². The largest absolute Gasteiger partial charge is 0.454 e. The number of hydrogen-bond donors (Lipinski definition) is 1. The number of benzene rings is 2. The molecular weight excluding hydrogens is 530 g/mol. The Morgan fingerprint density at radius 3 is 2.55 bits per heavy atom. The fourth-order valence-corrected chi connectivity index (χ4v) is 6.02. The summed E-state index contributed by atoms with van der Waals surface area (Å²) in [7, 11) is -3.62. The Kier molecular flexibility index (Phi) is 9.04. The normalized spacial score (nSPS) is 15.8. The number of sulfonamides is 1. The van der Waals surface area contributed by atoms with Crippen LogP contribution in [0.25, 0.3) is 0 Å². The molecule has 1 N–H and O–H groups in total. The van der Waals surface area contributed by atoms with Crippen molar-refractivity contribution in [3.63, 3.8) is 0 Å². The Bertz CT molecular complexity index is 1270. The number of carbonyl (C=O) groups is 2. The van der Waals surface area contributed by atoms with E-state index in [1.54, 1.807) is 48.2 Å². The van der Waals surface area contributed by atoms with Gasteiger partial charge in [-0.3, -0.25) is 13.9 Å². The Morgan fingerprint density at radius 2 is 1.84 bits per heavy atom. The first-order chi connectivity index (χ1) is 18.1. The van der Waals surface area contributed by atoms with E-state index >= 15 is 0 Å². The van der Waals surface area contributed by atoms with Crippen LogP contribution in [0.15, 0.2) is 42.5 Å². The van der Waals surface area contributed by atoms with Gasteiger partial charge >= 0.3 is 0 Å². The van der Waals surface area contributed by atoms with Crippen molar-refractivity contribution in [3.05, 3.63) is 53.1 Å². The zero-order chi connectivity index (χ0) is 27.3. The SMILES string of the molecule is CC(C(=O)NC1CCCC1)N(Cc1cccc(Cl)c1)C(=O)CCCN(c1ccc2c(c1)OCO2)S(C)(=O)=O. The van der Waals surface area contributed by atoms with Crippen molar-refractivity contribution in [1.82, 2.24) is 10.2 Å². The molecule has 1 aliphatic heterocycles. The molecule has 11 heteroatoms. The molecule has 2 amide bonds. The number of amides is 2. The van der Waals surface area contributed by atoms with E-state index in [1.165, 1.54) is 4.31 Å². The minimum absolute atomic E-state index is 0.0676. The lowest BCUT2D eigenvalue weighted by atomic mass is 10.1. The number of anilines is 1. The molecule has 1 fully saturated rings. The predicted octanol–water partition coefficient (Wildman–Crippen LogP) is 4.09. The first-order valence-corrected chi connectivity index (χ1v) is 15.1. The van der Waals surface area contributed by atoms with E-state index in [9.17, 15) is 18.0 Å². The van der Waals surface area contributed by atoms with Crippen LogP contribution in [-0.4, -0.2) is 56.8 Å². The number of fused-ring (bicyclic) bond motifs is 1. The van der Waals surface area contributed by atoms with Crippen LogP contribution in [0.1, 0.15) is 51.0 Å². The Labute approximate surface area is 229 Å². The van der Waals surface area contributed by atoms with Gasteiger partial charge in [-0.05, 0) is 56.0 Å². The number of carbonyl (C=O) groups excluding carboxylic acids is 2. The quantitative estimate of drug-likeness (QED) is 0.441. The van der Waals surface area contributed by atoms with Crippen LogP contribution in [0.4, 0.5) is 5.69 Å². The molecule has 4 rings (SSSR count). The molecule has 2 aromatic rings. The van der Waals surface area contributed by atoms with Gasteiger partial charge < -0.3 is 19.7 Å². The van der Waals surface area contributed by atoms with Gasteiger partial charge in [0.1, 0.15) is 6.04 Å². The van der Waals surface area contributed by atoms with E-state index < -0.39 is 16.1 Å². The Hall–Kier alpha value is -2.98. The van der Waals surface area contributed by atoms with Crippen LogP contribution < -0.4 is 19.1 Å². The number of halogens is 1. The second kappa shape index (κ2) is 12.3. The molecule has 1 heterocycles. The molecule has 206 valence electrons. The summed E-state index contributed by atoms with van der Waals surface area (Å²) in [5.41, 5.74) is 1.24. The van der Waals surface area contributed by atoms with E-state index in [4.69, 9.17) is 21.1 Å². The van der Waals surface area contributed by atoms with Gasteiger partial charge in [0.25, 0.3) is 0 Å².